The van der Waals surface area contributed by atoms with Gasteiger partial charge in [0.2, 0.25) is 0 Å². The van der Waals surface area contributed by atoms with Crippen molar-refractivity contribution in [1.82, 2.24) is 4.57 Å². The lowest BCUT2D eigenvalue weighted by atomic mass is 9.75. The number of nitrogens with zero attached hydrogens (tertiary/aromatic N) is 1. The largest absolute Gasteiger partial charge is 0.512 e. The van der Waals surface area contributed by atoms with E-state index >= 15 is 0 Å². The molecule has 35 heavy (non-hydrogen) atoms. The molecule has 0 fully saturated rings. The van der Waals surface area contributed by atoms with Gasteiger partial charge in [-0.2, -0.15) is 0 Å². The van der Waals surface area contributed by atoms with E-state index in [4.69, 9.17) is 0 Å². The number of allylic oxidation sites excluding steroid dienone is 2. The van der Waals surface area contributed by atoms with Crippen molar-refractivity contribution in [2.24, 2.45) is 5.41 Å². The van der Waals surface area contributed by atoms with Crippen molar-refractivity contribution < 1.29 is 9.90 Å². The van der Waals surface area contributed by atoms with Crippen LogP contribution in [0.15, 0.2) is 90.7 Å². The second-order valence-corrected chi connectivity index (χ2v) is 10.4. The maximum atomic E-state index is 13.5. The van der Waals surface area contributed by atoms with Gasteiger partial charge in [-0.05, 0) is 48.1 Å². The smallest absolute Gasteiger partial charge is 0.167 e. The quantitative estimate of drug-likeness (QED) is 0.334. The second kappa shape index (κ2) is 8.74. The molecule has 4 aromatic rings. The Bertz CT molecular complexity index is 1440. The van der Waals surface area contributed by atoms with Gasteiger partial charge in [-0.3, -0.25) is 4.79 Å². The SMILES string of the molecule is Cc1ccc(-n2c(-c3ccccc3)cc(C3=C(O)CC(C)(C)CC3=O)c2-c2ccccc2)c(C)c1. The molecule has 0 amide bonds. The first kappa shape index (κ1) is 22.9. The highest BCUT2D eigenvalue weighted by Crippen LogP contribution is 2.45. The first-order valence-electron chi connectivity index (χ1n) is 12.1. The predicted molar refractivity (Wildman–Crippen MR) is 144 cm³/mol. The molecule has 0 bridgehead atoms. The molecule has 1 aromatic heterocycles. The lowest BCUT2D eigenvalue weighted by Crippen LogP contribution is -2.25. The van der Waals surface area contributed by atoms with Crippen LogP contribution in [0.1, 0.15) is 43.4 Å². The van der Waals surface area contributed by atoms with E-state index in [-0.39, 0.29) is 17.0 Å². The molecule has 1 aliphatic carbocycles. The van der Waals surface area contributed by atoms with Crippen molar-refractivity contribution in [2.75, 3.05) is 0 Å². The number of carbonyl (C=O) groups excluding carboxylic acids is 1. The summed E-state index contributed by atoms with van der Waals surface area (Å²) in [4.78, 5) is 13.5. The van der Waals surface area contributed by atoms with Crippen LogP contribution < -0.4 is 0 Å². The fourth-order valence-electron chi connectivity index (χ4n) is 5.30. The number of aliphatic hydroxyl groups is 1. The number of aryl methyl sites for hydroxylation is 2. The number of hydrogen-bond acceptors (Lipinski definition) is 2. The number of rotatable bonds is 4. The van der Waals surface area contributed by atoms with Crippen LogP contribution in [-0.2, 0) is 4.79 Å². The molecule has 0 saturated carbocycles. The highest BCUT2D eigenvalue weighted by atomic mass is 16.3. The van der Waals surface area contributed by atoms with Crippen molar-refractivity contribution in [3.63, 3.8) is 0 Å². The van der Waals surface area contributed by atoms with Crippen LogP contribution in [0.25, 0.3) is 33.8 Å². The summed E-state index contributed by atoms with van der Waals surface area (Å²) in [7, 11) is 0. The third-order valence-electron chi connectivity index (χ3n) is 6.83. The minimum Gasteiger partial charge on any atom is -0.512 e. The minimum atomic E-state index is -0.254. The molecule has 0 unspecified atom stereocenters. The van der Waals surface area contributed by atoms with E-state index in [1.807, 2.05) is 50.2 Å². The first-order valence-corrected chi connectivity index (χ1v) is 12.1. The van der Waals surface area contributed by atoms with Crippen molar-refractivity contribution in [3.05, 3.63) is 107 Å². The number of carbonyl (C=O) groups is 1. The highest BCUT2D eigenvalue weighted by molar-refractivity contribution is 6.24. The van der Waals surface area contributed by atoms with Gasteiger partial charge in [0, 0.05) is 24.1 Å². The molecular formula is C32H31NO2. The van der Waals surface area contributed by atoms with E-state index in [0.29, 0.717) is 18.4 Å². The molecule has 0 saturated heterocycles. The lowest BCUT2D eigenvalue weighted by molar-refractivity contribution is -0.116. The molecule has 0 aliphatic heterocycles. The predicted octanol–water partition coefficient (Wildman–Crippen LogP) is 8.09. The Kier molecular flexibility index (Phi) is 5.72. The van der Waals surface area contributed by atoms with Crippen LogP contribution in [0.2, 0.25) is 0 Å². The van der Waals surface area contributed by atoms with Crippen molar-refractivity contribution in [1.29, 1.82) is 0 Å². The summed E-state index contributed by atoms with van der Waals surface area (Å²) in [5.41, 5.74) is 8.36. The van der Waals surface area contributed by atoms with Gasteiger partial charge >= 0.3 is 0 Å². The maximum absolute atomic E-state index is 13.5. The van der Waals surface area contributed by atoms with Crippen LogP contribution >= 0.6 is 0 Å². The number of Topliss-reactive ketones (excluding diaryl/α,β-unsaturated/α-hetero) is 1. The lowest BCUT2D eigenvalue weighted by Gasteiger charge is -2.29. The molecule has 5 rings (SSSR count). The summed E-state index contributed by atoms with van der Waals surface area (Å²) in [5, 5.41) is 11.2. The van der Waals surface area contributed by atoms with E-state index in [2.05, 4.69) is 66.9 Å². The zero-order valence-corrected chi connectivity index (χ0v) is 20.8. The van der Waals surface area contributed by atoms with Crippen LogP contribution in [0.4, 0.5) is 0 Å². The Morgan fingerprint density at radius 3 is 2.03 bits per heavy atom. The van der Waals surface area contributed by atoms with E-state index < -0.39 is 0 Å². The summed E-state index contributed by atoms with van der Waals surface area (Å²) in [5.74, 6) is 0.175. The molecule has 1 N–H and O–H groups in total. The molecule has 3 heteroatoms. The fourth-order valence-corrected chi connectivity index (χ4v) is 5.30. The molecule has 1 heterocycles. The molecule has 0 spiro atoms. The molecule has 3 nitrogen and oxygen atoms in total. The number of benzene rings is 3. The summed E-state index contributed by atoms with van der Waals surface area (Å²) < 4.78 is 2.25. The molecular weight excluding hydrogens is 430 g/mol. The monoisotopic (exact) mass is 461 g/mol. The van der Waals surface area contributed by atoms with Crippen LogP contribution in [0, 0.1) is 19.3 Å². The minimum absolute atomic E-state index is 0.00618. The number of aromatic nitrogens is 1. The van der Waals surface area contributed by atoms with Crippen LogP contribution in [0.3, 0.4) is 0 Å². The Hall–Kier alpha value is -3.85. The topological polar surface area (TPSA) is 42.2 Å². The average Bonchev–Trinajstić information content (AvgIpc) is 3.18. The van der Waals surface area contributed by atoms with E-state index in [1.54, 1.807) is 0 Å². The standard InChI is InChI=1S/C32H31NO2/c1-21-15-16-26(22(2)17-21)33-27(23-11-7-5-8-12-23)18-25(31(33)24-13-9-6-10-14-24)30-28(34)19-32(3,4)20-29(30)35/h5-18,34H,19-20H2,1-4H3. The average molecular weight is 462 g/mol. The first-order chi connectivity index (χ1) is 16.7. The zero-order valence-electron chi connectivity index (χ0n) is 20.8. The normalized spacial score (nSPS) is 15.5. The van der Waals surface area contributed by atoms with Gasteiger partial charge in [0.1, 0.15) is 5.76 Å². The Labute approximate surface area is 207 Å². The maximum Gasteiger partial charge on any atom is 0.167 e. The summed E-state index contributed by atoms with van der Waals surface area (Å²) >= 11 is 0. The number of aliphatic hydroxyl groups excluding tert-OH is 1. The Balaban J connectivity index is 1.91. The van der Waals surface area contributed by atoms with E-state index in [9.17, 15) is 9.90 Å². The third-order valence-corrected chi connectivity index (χ3v) is 6.83. The third kappa shape index (κ3) is 4.23. The molecule has 0 radical (unpaired) electrons. The molecule has 3 aromatic carbocycles. The zero-order chi connectivity index (χ0) is 24.7. The number of ketones is 1. The van der Waals surface area contributed by atoms with Crippen molar-refractivity contribution in [3.8, 4) is 28.2 Å². The van der Waals surface area contributed by atoms with Gasteiger partial charge < -0.3 is 9.67 Å². The van der Waals surface area contributed by atoms with Gasteiger partial charge in [-0.15, -0.1) is 0 Å². The summed E-state index contributed by atoms with van der Waals surface area (Å²) in [6.07, 6.45) is 0.897. The second-order valence-electron chi connectivity index (χ2n) is 10.4. The van der Waals surface area contributed by atoms with Gasteiger partial charge in [0.15, 0.2) is 5.78 Å². The van der Waals surface area contributed by atoms with E-state index in [1.165, 1.54) is 5.56 Å². The fraction of sp³-hybridized carbons (Fsp3) is 0.219. The molecule has 0 atom stereocenters. The summed E-state index contributed by atoms with van der Waals surface area (Å²) in [6, 6.07) is 29.0. The van der Waals surface area contributed by atoms with Gasteiger partial charge in [-0.25, -0.2) is 0 Å². The highest BCUT2D eigenvalue weighted by Gasteiger charge is 2.36. The van der Waals surface area contributed by atoms with Crippen molar-refractivity contribution >= 4 is 11.4 Å². The summed E-state index contributed by atoms with van der Waals surface area (Å²) in [6.45, 7) is 8.29. The van der Waals surface area contributed by atoms with Gasteiger partial charge in [-0.1, -0.05) is 92.2 Å². The van der Waals surface area contributed by atoms with Crippen molar-refractivity contribution in [2.45, 2.75) is 40.5 Å². The Morgan fingerprint density at radius 1 is 0.800 bits per heavy atom. The van der Waals surface area contributed by atoms with Crippen LogP contribution in [-0.4, -0.2) is 15.5 Å². The Morgan fingerprint density at radius 2 is 1.43 bits per heavy atom. The van der Waals surface area contributed by atoms with Gasteiger partial charge in [0.25, 0.3) is 0 Å². The van der Waals surface area contributed by atoms with Gasteiger partial charge in [0.05, 0.1) is 17.0 Å². The van der Waals surface area contributed by atoms with Crippen LogP contribution in [0.5, 0.6) is 0 Å². The van der Waals surface area contributed by atoms with E-state index in [0.717, 1.165) is 39.3 Å². The molecule has 1 aliphatic rings. The number of hydrogen-bond donors (Lipinski definition) is 1. The molecule has 176 valence electrons.